The summed E-state index contributed by atoms with van der Waals surface area (Å²) in [6.45, 7) is 1.19. The van der Waals surface area contributed by atoms with Gasteiger partial charge in [-0.05, 0) is 29.6 Å². The molecule has 120 valence electrons. The molecule has 3 rings (SSSR count). The predicted octanol–water partition coefficient (Wildman–Crippen LogP) is 3.16. The predicted molar refractivity (Wildman–Crippen MR) is 92.5 cm³/mol. The van der Waals surface area contributed by atoms with Crippen LogP contribution in [-0.2, 0) is 11.3 Å². The van der Waals surface area contributed by atoms with Crippen molar-refractivity contribution in [2.24, 2.45) is 4.99 Å². The van der Waals surface area contributed by atoms with Crippen LogP contribution in [0.2, 0.25) is 0 Å². The van der Waals surface area contributed by atoms with Crippen molar-refractivity contribution >= 4 is 38.8 Å². The van der Waals surface area contributed by atoms with Crippen molar-refractivity contribution in [3.05, 3.63) is 45.4 Å². The van der Waals surface area contributed by atoms with Crippen molar-refractivity contribution in [1.29, 1.82) is 0 Å². The van der Waals surface area contributed by atoms with Gasteiger partial charge in [-0.15, -0.1) is 11.3 Å². The van der Waals surface area contributed by atoms with Crippen LogP contribution in [0.1, 0.15) is 9.67 Å². The molecule has 0 radical (unpaired) electrons. The molecule has 23 heavy (non-hydrogen) atoms. The van der Waals surface area contributed by atoms with Crippen LogP contribution in [0.4, 0.5) is 0 Å². The Bertz CT molecular complexity index is 879. The molecule has 0 bridgehead atoms. The van der Waals surface area contributed by atoms with Gasteiger partial charge in [-0.2, -0.15) is 4.99 Å². The van der Waals surface area contributed by atoms with Gasteiger partial charge in [-0.1, -0.05) is 17.4 Å². The monoisotopic (exact) mass is 348 g/mol. The molecule has 0 fully saturated rings. The maximum atomic E-state index is 12.3. The highest BCUT2D eigenvalue weighted by Gasteiger charge is 2.10. The fourth-order valence-electron chi connectivity index (χ4n) is 2.21. The first-order chi connectivity index (χ1) is 11.2. The van der Waals surface area contributed by atoms with E-state index in [2.05, 4.69) is 4.99 Å². The van der Waals surface area contributed by atoms with E-state index < -0.39 is 0 Å². The summed E-state index contributed by atoms with van der Waals surface area (Å²) >= 11 is 2.87. The fourth-order valence-corrected chi connectivity index (χ4v) is 3.90. The molecule has 0 N–H and O–H groups in total. The quantitative estimate of drug-likeness (QED) is 0.712. The number of amides is 1. The van der Waals surface area contributed by atoms with E-state index >= 15 is 0 Å². The summed E-state index contributed by atoms with van der Waals surface area (Å²) in [4.78, 5) is 17.9. The van der Waals surface area contributed by atoms with E-state index in [1.807, 2.05) is 34.2 Å². The largest absolute Gasteiger partial charge is 0.497 e. The highest BCUT2D eigenvalue weighted by atomic mass is 32.1. The summed E-state index contributed by atoms with van der Waals surface area (Å²) in [5, 5.41) is 1.87. The lowest BCUT2D eigenvalue weighted by molar-refractivity contribution is 0.100. The molecular weight excluding hydrogens is 332 g/mol. The van der Waals surface area contributed by atoms with Gasteiger partial charge in [0.2, 0.25) is 0 Å². The van der Waals surface area contributed by atoms with E-state index in [1.54, 1.807) is 20.3 Å². The normalized spacial score (nSPS) is 12.0. The molecule has 0 aliphatic carbocycles. The highest BCUT2D eigenvalue weighted by molar-refractivity contribution is 7.16. The second kappa shape index (κ2) is 7.08. The van der Waals surface area contributed by atoms with Gasteiger partial charge in [0.1, 0.15) is 5.75 Å². The van der Waals surface area contributed by atoms with Gasteiger partial charge < -0.3 is 14.0 Å². The van der Waals surface area contributed by atoms with Gasteiger partial charge in [-0.25, -0.2) is 0 Å². The first-order valence-corrected chi connectivity index (χ1v) is 8.71. The molecule has 0 saturated heterocycles. The Labute approximate surface area is 141 Å². The van der Waals surface area contributed by atoms with Crippen LogP contribution in [0.3, 0.4) is 0 Å². The number of carbonyl (C=O) groups excluding carboxylic acids is 1. The lowest BCUT2D eigenvalue weighted by Crippen LogP contribution is -2.19. The van der Waals surface area contributed by atoms with Crippen molar-refractivity contribution in [2.45, 2.75) is 6.54 Å². The maximum absolute atomic E-state index is 12.3. The molecule has 0 aliphatic rings. The third-order valence-electron chi connectivity index (χ3n) is 3.34. The Morgan fingerprint density at radius 2 is 2.17 bits per heavy atom. The van der Waals surface area contributed by atoms with E-state index in [1.165, 1.54) is 22.7 Å². The molecule has 7 heteroatoms. The Balaban J connectivity index is 2.11. The number of ether oxygens (including phenoxy) is 2. The number of fused-ring (bicyclic) bond motifs is 1. The molecular formula is C16H16N2O3S2. The summed E-state index contributed by atoms with van der Waals surface area (Å²) in [7, 11) is 3.30. The van der Waals surface area contributed by atoms with Crippen molar-refractivity contribution < 1.29 is 14.3 Å². The number of carbonyl (C=O) groups is 1. The highest BCUT2D eigenvalue weighted by Crippen LogP contribution is 2.23. The van der Waals surface area contributed by atoms with E-state index in [0.717, 1.165) is 16.0 Å². The van der Waals surface area contributed by atoms with Gasteiger partial charge in [0.25, 0.3) is 5.91 Å². The van der Waals surface area contributed by atoms with Crippen LogP contribution in [0.25, 0.3) is 10.2 Å². The average molecular weight is 348 g/mol. The Morgan fingerprint density at radius 3 is 2.87 bits per heavy atom. The molecule has 0 saturated carbocycles. The average Bonchev–Trinajstić information content (AvgIpc) is 3.20. The number of thiazole rings is 1. The topological polar surface area (TPSA) is 52.8 Å². The van der Waals surface area contributed by atoms with E-state index in [9.17, 15) is 4.79 Å². The van der Waals surface area contributed by atoms with Gasteiger partial charge in [0.15, 0.2) is 4.80 Å². The zero-order valence-corrected chi connectivity index (χ0v) is 14.4. The molecule has 0 spiro atoms. The van der Waals surface area contributed by atoms with E-state index in [-0.39, 0.29) is 5.91 Å². The third kappa shape index (κ3) is 3.36. The van der Waals surface area contributed by atoms with Crippen LogP contribution in [0.15, 0.2) is 40.7 Å². The summed E-state index contributed by atoms with van der Waals surface area (Å²) in [5.74, 6) is 0.568. The minimum atomic E-state index is -0.218. The van der Waals surface area contributed by atoms with Crippen molar-refractivity contribution in [3.8, 4) is 5.75 Å². The minimum absolute atomic E-state index is 0.218. The minimum Gasteiger partial charge on any atom is -0.497 e. The van der Waals surface area contributed by atoms with Gasteiger partial charge in [0.05, 0.1) is 28.8 Å². The number of rotatable bonds is 5. The van der Waals surface area contributed by atoms with Gasteiger partial charge in [0, 0.05) is 13.7 Å². The molecule has 0 aliphatic heterocycles. The Morgan fingerprint density at radius 1 is 1.30 bits per heavy atom. The zero-order valence-electron chi connectivity index (χ0n) is 12.8. The second-order valence-electron chi connectivity index (χ2n) is 4.76. The van der Waals surface area contributed by atoms with Crippen LogP contribution < -0.4 is 9.54 Å². The Kier molecular flexibility index (Phi) is 4.90. The zero-order chi connectivity index (χ0) is 16.2. The van der Waals surface area contributed by atoms with Crippen LogP contribution >= 0.6 is 22.7 Å². The van der Waals surface area contributed by atoms with E-state index in [0.29, 0.717) is 22.8 Å². The molecule has 5 nitrogen and oxygen atoms in total. The smallest absolute Gasteiger partial charge is 0.289 e. The standard InChI is InChI=1S/C16H16N2O3S2/c1-20-8-7-18-12-6-5-11(21-2)10-14(12)23-16(18)17-15(19)13-4-3-9-22-13/h3-6,9-10H,7-8H2,1-2H3. The molecule has 2 heterocycles. The lowest BCUT2D eigenvalue weighted by Gasteiger charge is -2.04. The molecule has 0 unspecified atom stereocenters. The van der Waals surface area contributed by atoms with Crippen LogP contribution in [0, 0.1) is 0 Å². The number of aromatic nitrogens is 1. The summed E-state index contributed by atoms with van der Waals surface area (Å²) < 4.78 is 13.5. The molecule has 1 amide bonds. The second-order valence-corrected chi connectivity index (χ2v) is 6.71. The van der Waals surface area contributed by atoms with Crippen molar-refractivity contribution in [3.63, 3.8) is 0 Å². The number of thiophene rings is 1. The van der Waals surface area contributed by atoms with Crippen LogP contribution in [0.5, 0.6) is 5.75 Å². The molecule has 1 aromatic carbocycles. The first kappa shape index (κ1) is 15.9. The van der Waals surface area contributed by atoms with Crippen molar-refractivity contribution in [1.82, 2.24) is 4.57 Å². The summed E-state index contributed by atoms with van der Waals surface area (Å²) in [5.41, 5.74) is 1.02. The van der Waals surface area contributed by atoms with Gasteiger partial charge >= 0.3 is 0 Å². The number of hydrogen-bond acceptors (Lipinski definition) is 5. The SMILES string of the molecule is COCCn1c(=NC(=O)c2cccs2)sc2cc(OC)ccc21. The summed E-state index contributed by atoms with van der Waals surface area (Å²) in [6.07, 6.45) is 0. The molecule has 3 aromatic rings. The van der Waals surface area contributed by atoms with Crippen molar-refractivity contribution in [2.75, 3.05) is 20.8 Å². The molecule has 0 atom stereocenters. The maximum Gasteiger partial charge on any atom is 0.289 e. The van der Waals surface area contributed by atoms with Gasteiger partial charge in [-0.3, -0.25) is 4.79 Å². The number of benzene rings is 1. The summed E-state index contributed by atoms with van der Waals surface area (Å²) in [6, 6.07) is 9.48. The lowest BCUT2D eigenvalue weighted by atomic mass is 10.3. The van der Waals surface area contributed by atoms with Crippen LogP contribution in [-0.4, -0.2) is 31.3 Å². The number of nitrogens with zero attached hydrogens (tertiary/aromatic N) is 2. The molecule has 2 aromatic heterocycles. The third-order valence-corrected chi connectivity index (χ3v) is 5.24. The fraction of sp³-hybridized carbons (Fsp3) is 0.250. The van der Waals surface area contributed by atoms with E-state index in [4.69, 9.17) is 9.47 Å². The number of hydrogen-bond donors (Lipinski definition) is 0. The number of methoxy groups -OCH3 is 2. The first-order valence-electron chi connectivity index (χ1n) is 7.02. The Hall–Kier alpha value is -1.96.